The molecule has 1 saturated carbocycles. The van der Waals surface area contributed by atoms with Crippen molar-refractivity contribution in [2.24, 2.45) is 5.73 Å². The van der Waals surface area contributed by atoms with Crippen LogP contribution in [0.15, 0.2) is 46.9 Å². The Morgan fingerprint density at radius 3 is 2.59 bits per heavy atom. The van der Waals surface area contributed by atoms with E-state index in [0.717, 1.165) is 32.1 Å². The van der Waals surface area contributed by atoms with E-state index in [0.29, 0.717) is 6.42 Å². The number of nitrogens with two attached hydrogens (primary N) is 1. The Bertz CT molecular complexity index is 461. The number of rotatable bonds is 2. The Balaban J connectivity index is 1.99. The van der Waals surface area contributed by atoms with Crippen molar-refractivity contribution >= 4 is 0 Å². The fraction of sp³-hybridized carbons (Fsp3) is 0.467. The molecule has 0 unspecified atom stereocenters. The summed E-state index contributed by atoms with van der Waals surface area (Å²) in [5.74, 6) is -0.00358. The van der Waals surface area contributed by atoms with Crippen molar-refractivity contribution in [1.82, 2.24) is 0 Å². The monoisotopic (exact) mass is 231 g/mol. The van der Waals surface area contributed by atoms with Crippen molar-refractivity contribution in [2.75, 3.05) is 0 Å². The molecule has 0 saturated heterocycles. The van der Waals surface area contributed by atoms with E-state index in [-0.39, 0.29) is 11.4 Å². The van der Waals surface area contributed by atoms with Crippen LogP contribution in [-0.2, 0) is 0 Å². The largest absolute Gasteiger partial charge is 0.321 e. The quantitative estimate of drug-likeness (QED) is 0.770. The Hall–Kier alpha value is -1.15. The van der Waals surface area contributed by atoms with Gasteiger partial charge in [-0.3, -0.25) is 0 Å². The highest BCUT2D eigenvalue weighted by molar-refractivity contribution is 5.51. The van der Waals surface area contributed by atoms with Crippen LogP contribution in [0, 0.1) is 0 Å². The van der Waals surface area contributed by atoms with Crippen LogP contribution in [0.25, 0.3) is 0 Å². The van der Waals surface area contributed by atoms with Gasteiger partial charge in [0, 0.05) is 12.0 Å². The first-order chi connectivity index (χ1) is 8.19. The molecular weight excluding hydrogens is 213 g/mol. The van der Waals surface area contributed by atoms with Gasteiger partial charge in [-0.25, -0.2) is 4.39 Å². The molecule has 0 bridgehead atoms. The zero-order chi connectivity index (χ0) is 11.9. The number of hydrogen-bond acceptors (Lipinski definition) is 1. The molecule has 0 aliphatic heterocycles. The molecule has 0 atom stereocenters. The highest BCUT2D eigenvalue weighted by Gasteiger charge is 2.42. The summed E-state index contributed by atoms with van der Waals surface area (Å²) in [6, 6.07) is 0. The second-order valence-corrected chi connectivity index (χ2v) is 5.29. The third-order valence-electron chi connectivity index (χ3n) is 3.98. The van der Waals surface area contributed by atoms with Crippen LogP contribution in [0.2, 0.25) is 0 Å². The summed E-state index contributed by atoms with van der Waals surface area (Å²) in [5.41, 5.74) is 10.2. The van der Waals surface area contributed by atoms with E-state index in [4.69, 9.17) is 5.73 Å². The molecule has 0 spiro atoms. The molecule has 3 aliphatic rings. The average Bonchev–Trinajstić information content (AvgIpc) is 3.10. The summed E-state index contributed by atoms with van der Waals surface area (Å²) in [6.45, 7) is 0. The van der Waals surface area contributed by atoms with Gasteiger partial charge >= 0.3 is 0 Å². The van der Waals surface area contributed by atoms with Crippen molar-refractivity contribution in [3.63, 3.8) is 0 Å². The van der Waals surface area contributed by atoms with E-state index < -0.39 is 0 Å². The van der Waals surface area contributed by atoms with Gasteiger partial charge in [0.25, 0.3) is 0 Å². The van der Waals surface area contributed by atoms with Gasteiger partial charge in [0.1, 0.15) is 5.83 Å². The second kappa shape index (κ2) is 3.95. The van der Waals surface area contributed by atoms with Gasteiger partial charge in [0.05, 0.1) is 0 Å². The molecular formula is C15H18FN. The van der Waals surface area contributed by atoms with Gasteiger partial charge in [0.15, 0.2) is 0 Å². The maximum atomic E-state index is 13.0. The average molecular weight is 231 g/mol. The van der Waals surface area contributed by atoms with Crippen LogP contribution in [0.5, 0.6) is 0 Å². The summed E-state index contributed by atoms with van der Waals surface area (Å²) in [6.07, 6.45) is 13.7. The van der Waals surface area contributed by atoms with Crippen LogP contribution < -0.4 is 5.73 Å². The smallest absolute Gasteiger partial charge is 0.100 e. The van der Waals surface area contributed by atoms with Gasteiger partial charge < -0.3 is 5.73 Å². The van der Waals surface area contributed by atoms with Crippen molar-refractivity contribution in [2.45, 2.75) is 44.1 Å². The van der Waals surface area contributed by atoms with Gasteiger partial charge in [0.2, 0.25) is 0 Å². The lowest BCUT2D eigenvalue weighted by atomic mass is 9.84. The maximum Gasteiger partial charge on any atom is 0.100 e. The molecule has 0 heterocycles. The minimum atomic E-state index is -0.0766. The third kappa shape index (κ3) is 2.02. The van der Waals surface area contributed by atoms with E-state index in [1.165, 1.54) is 16.7 Å². The van der Waals surface area contributed by atoms with E-state index in [1.807, 2.05) is 6.08 Å². The molecule has 0 aromatic carbocycles. The van der Waals surface area contributed by atoms with Crippen molar-refractivity contribution in [1.29, 1.82) is 0 Å². The van der Waals surface area contributed by atoms with Crippen LogP contribution in [0.4, 0.5) is 4.39 Å². The van der Waals surface area contributed by atoms with Crippen LogP contribution >= 0.6 is 0 Å². The van der Waals surface area contributed by atoms with E-state index in [1.54, 1.807) is 6.08 Å². The van der Waals surface area contributed by atoms with Gasteiger partial charge in [-0.2, -0.15) is 0 Å². The van der Waals surface area contributed by atoms with Crippen LogP contribution in [-0.4, -0.2) is 5.54 Å². The Kier molecular flexibility index (Phi) is 2.55. The molecule has 2 heteroatoms. The Morgan fingerprint density at radius 1 is 1.12 bits per heavy atom. The molecule has 2 N–H and O–H groups in total. The summed E-state index contributed by atoms with van der Waals surface area (Å²) >= 11 is 0. The minimum Gasteiger partial charge on any atom is -0.321 e. The molecule has 0 radical (unpaired) electrons. The third-order valence-corrected chi connectivity index (χ3v) is 3.98. The Labute approximate surface area is 102 Å². The predicted octanol–water partition coefficient (Wildman–Crippen LogP) is 3.70. The number of halogens is 1. The van der Waals surface area contributed by atoms with Gasteiger partial charge in [-0.15, -0.1) is 0 Å². The zero-order valence-electron chi connectivity index (χ0n) is 10.0. The van der Waals surface area contributed by atoms with Gasteiger partial charge in [-0.1, -0.05) is 18.2 Å². The summed E-state index contributed by atoms with van der Waals surface area (Å²) < 4.78 is 13.0. The highest BCUT2D eigenvalue weighted by atomic mass is 19.1. The Morgan fingerprint density at radius 2 is 1.94 bits per heavy atom. The number of allylic oxidation sites excluding steroid dienone is 6. The first-order valence-electron chi connectivity index (χ1n) is 6.44. The molecule has 90 valence electrons. The first kappa shape index (κ1) is 11.0. The number of hydrogen-bond donors (Lipinski definition) is 1. The molecule has 17 heavy (non-hydrogen) atoms. The predicted molar refractivity (Wildman–Crippen MR) is 68.1 cm³/mol. The molecule has 0 aromatic heterocycles. The topological polar surface area (TPSA) is 26.0 Å². The first-order valence-corrected chi connectivity index (χ1v) is 6.44. The lowest BCUT2D eigenvalue weighted by Crippen LogP contribution is -2.26. The standard InChI is InChI=1S/C15H18FN/c16-12-7-5-11(6-8-12)13-3-1-2-4-14(13)15(17)9-10-15/h2,4-5,7H,1,3,6,8-10,17H2. The maximum absolute atomic E-state index is 13.0. The summed E-state index contributed by atoms with van der Waals surface area (Å²) in [5, 5.41) is 0. The summed E-state index contributed by atoms with van der Waals surface area (Å²) in [4.78, 5) is 0. The lowest BCUT2D eigenvalue weighted by Gasteiger charge is -2.24. The van der Waals surface area contributed by atoms with Crippen molar-refractivity contribution < 1.29 is 4.39 Å². The molecule has 3 aliphatic carbocycles. The normalized spacial score (nSPS) is 26.7. The molecule has 0 amide bonds. The van der Waals surface area contributed by atoms with E-state index >= 15 is 0 Å². The fourth-order valence-electron chi connectivity index (χ4n) is 2.73. The highest BCUT2D eigenvalue weighted by Crippen LogP contribution is 2.45. The van der Waals surface area contributed by atoms with Crippen molar-refractivity contribution in [3.05, 3.63) is 46.9 Å². The fourth-order valence-corrected chi connectivity index (χ4v) is 2.73. The summed E-state index contributed by atoms with van der Waals surface area (Å²) in [7, 11) is 0. The van der Waals surface area contributed by atoms with E-state index in [2.05, 4.69) is 12.2 Å². The van der Waals surface area contributed by atoms with Crippen molar-refractivity contribution in [3.8, 4) is 0 Å². The van der Waals surface area contributed by atoms with Crippen LogP contribution in [0.1, 0.15) is 38.5 Å². The minimum absolute atomic E-state index is 0.00358. The van der Waals surface area contributed by atoms with Gasteiger partial charge in [-0.05, 0) is 54.9 Å². The lowest BCUT2D eigenvalue weighted by molar-refractivity contribution is 0.581. The van der Waals surface area contributed by atoms with Crippen LogP contribution in [0.3, 0.4) is 0 Å². The molecule has 1 nitrogen and oxygen atoms in total. The SMILES string of the molecule is NC1(C2=C(C3=CC=C(F)CC3)CCC=C2)CC1. The second-order valence-electron chi connectivity index (χ2n) is 5.29. The zero-order valence-corrected chi connectivity index (χ0v) is 10.0. The molecule has 0 aromatic rings. The molecule has 3 rings (SSSR count). The molecule has 1 fully saturated rings. The van der Waals surface area contributed by atoms with E-state index in [9.17, 15) is 4.39 Å².